The van der Waals surface area contributed by atoms with Crippen LogP contribution in [-0.2, 0) is 10.0 Å². The van der Waals surface area contributed by atoms with Gasteiger partial charge < -0.3 is 9.64 Å². The van der Waals surface area contributed by atoms with Crippen molar-refractivity contribution < 1.29 is 26.3 Å². The SMILES string of the molecule is Cc1ccn(-c2ccc(N3CCN(S(=O)(=O)c4ccccc4OC(F)(F)F)CC3)nn2)n1. The number of ether oxygens (including phenoxy) is 1. The fourth-order valence-electron chi connectivity index (χ4n) is 3.32. The zero-order valence-corrected chi connectivity index (χ0v) is 17.7. The van der Waals surface area contributed by atoms with Gasteiger partial charge in [-0.1, -0.05) is 12.1 Å². The van der Waals surface area contributed by atoms with Crippen molar-refractivity contribution in [2.45, 2.75) is 18.2 Å². The number of alkyl halides is 3. The van der Waals surface area contributed by atoms with Gasteiger partial charge in [0.1, 0.15) is 10.6 Å². The molecule has 1 saturated heterocycles. The summed E-state index contributed by atoms with van der Waals surface area (Å²) < 4.78 is 70.6. The van der Waals surface area contributed by atoms with Gasteiger partial charge >= 0.3 is 6.36 Å². The van der Waals surface area contributed by atoms with Crippen LogP contribution in [0.2, 0.25) is 0 Å². The van der Waals surface area contributed by atoms with E-state index in [4.69, 9.17) is 0 Å². The van der Waals surface area contributed by atoms with Gasteiger partial charge in [-0.25, -0.2) is 13.1 Å². The van der Waals surface area contributed by atoms with Gasteiger partial charge in [-0.3, -0.25) is 0 Å². The van der Waals surface area contributed by atoms with Crippen LogP contribution in [0.25, 0.3) is 5.82 Å². The first-order valence-corrected chi connectivity index (χ1v) is 11.0. The number of anilines is 1. The number of halogens is 3. The first-order chi connectivity index (χ1) is 15.1. The van der Waals surface area contributed by atoms with Crippen molar-refractivity contribution in [2.75, 3.05) is 31.1 Å². The lowest BCUT2D eigenvalue weighted by molar-refractivity contribution is -0.275. The monoisotopic (exact) mass is 468 g/mol. The summed E-state index contributed by atoms with van der Waals surface area (Å²) in [5, 5.41) is 12.6. The fourth-order valence-corrected chi connectivity index (χ4v) is 4.86. The average molecular weight is 468 g/mol. The summed E-state index contributed by atoms with van der Waals surface area (Å²) in [4.78, 5) is 1.33. The molecule has 0 bridgehead atoms. The molecule has 9 nitrogen and oxygen atoms in total. The molecule has 2 aromatic heterocycles. The highest BCUT2D eigenvalue weighted by molar-refractivity contribution is 7.89. The van der Waals surface area contributed by atoms with Crippen LogP contribution in [0.5, 0.6) is 5.75 Å². The van der Waals surface area contributed by atoms with Crippen LogP contribution >= 0.6 is 0 Å². The molecule has 3 aromatic rings. The molecule has 32 heavy (non-hydrogen) atoms. The number of sulfonamides is 1. The van der Waals surface area contributed by atoms with E-state index in [1.54, 1.807) is 23.0 Å². The second-order valence-corrected chi connectivity index (χ2v) is 8.94. The molecule has 3 heterocycles. The second kappa shape index (κ2) is 8.39. The summed E-state index contributed by atoms with van der Waals surface area (Å²) in [6.07, 6.45) is -3.23. The molecule has 170 valence electrons. The van der Waals surface area contributed by atoms with Gasteiger partial charge in [0.25, 0.3) is 0 Å². The van der Waals surface area contributed by atoms with Crippen molar-refractivity contribution in [3.63, 3.8) is 0 Å². The smallest absolute Gasteiger partial charge is 0.404 e. The topological polar surface area (TPSA) is 93.5 Å². The molecule has 1 aliphatic rings. The van der Waals surface area contributed by atoms with Crippen molar-refractivity contribution in [2.24, 2.45) is 0 Å². The summed E-state index contributed by atoms with van der Waals surface area (Å²) in [6, 6.07) is 10.1. The van der Waals surface area contributed by atoms with E-state index in [1.165, 1.54) is 12.1 Å². The van der Waals surface area contributed by atoms with Crippen LogP contribution in [-0.4, -0.2) is 65.2 Å². The number of piperazine rings is 1. The van der Waals surface area contributed by atoms with E-state index < -0.39 is 27.0 Å². The van der Waals surface area contributed by atoms with Gasteiger partial charge in [0.05, 0.1) is 5.69 Å². The first-order valence-electron chi connectivity index (χ1n) is 9.60. The molecule has 1 aliphatic heterocycles. The number of para-hydroxylation sites is 1. The summed E-state index contributed by atoms with van der Waals surface area (Å²) in [6.45, 7) is 2.61. The Labute approximate surface area is 182 Å². The maximum Gasteiger partial charge on any atom is 0.573 e. The lowest BCUT2D eigenvalue weighted by Gasteiger charge is -2.34. The van der Waals surface area contributed by atoms with Gasteiger partial charge in [0.2, 0.25) is 10.0 Å². The summed E-state index contributed by atoms with van der Waals surface area (Å²) in [5.74, 6) is 0.359. The quantitative estimate of drug-likeness (QED) is 0.568. The summed E-state index contributed by atoms with van der Waals surface area (Å²) in [5.41, 5.74) is 0.843. The summed E-state index contributed by atoms with van der Waals surface area (Å²) in [7, 11) is -4.18. The Hall–Kier alpha value is -3.19. The first kappa shape index (κ1) is 22.0. The number of aromatic nitrogens is 4. The molecule has 0 amide bonds. The number of hydrogen-bond acceptors (Lipinski definition) is 7. The maximum atomic E-state index is 13.0. The van der Waals surface area contributed by atoms with Crippen molar-refractivity contribution >= 4 is 15.8 Å². The highest BCUT2D eigenvalue weighted by Gasteiger charge is 2.36. The Kier molecular flexibility index (Phi) is 5.77. The minimum Gasteiger partial charge on any atom is -0.404 e. The van der Waals surface area contributed by atoms with Crippen molar-refractivity contribution in [1.29, 1.82) is 0 Å². The van der Waals surface area contributed by atoms with Crippen LogP contribution < -0.4 is 9.64 Å². The van der Waals surface area contributed by atoms with Gasteiger partial charge in [-0.15, -0.1) is 23.4 Å². The molecule has 4 rings (SSSR count). The zero-order chi connectivity index (χ0) is 22.9. The minimum absolute atomic E-state index is 0.0739. The molecule has 0 unspecified atom stereocenters. The normalized spacial score (nSPS) is 15.7. The number of hydrogen-bond donors (Lipinski definition) is 0. The molecular formula is C19H19F3N6O3S. The van der Waals surface area contributed by atoms with Crippen LogP contribution in [0.1, 0.15) is 5.69 Å². The zero-order valence-electron chi connectivity index (χ0n) is 16.9. The molecule has 0 spiro atoms. The molecule has 0 saturated carbocycles. The number of aryl methyl sites for hydroxylation is 1. The Morgan fingerprint density at radius 3 is 2.19 bits per heavy atom. The van der Waals surface area contributed by atoms with E-state index >= 15 is 0 Å². The van der Waals surface area contributed by atoms with E-state index in [-0.39, 0.29) is 13.1 Å². The predicted octanol–water partition coefficient (Wildman–Crippen LogP) is 2.38. The Morgan fingerprint density at radius 1 is 0.938 bits per heavy atom. The van der Waals surface area contributed by atoms with E-state index in [1.807, 2.05) is 17.9 Å². The van der Waals surface area contributed by atoms with E-state index in [2.05, 4.69) is 20.0 Å². The lowest BCUT2D eigenvalue weighted by atomic mass is 10.3. The molecule has 1 aromatic carbocycles. The largest absolute Gasteiger partial charge is 0.573 e. The molecule has 0 radical (unpaired) electrons. The van der Waals surface area contributed by atoms with Gasteiger partial charge in [0.15, 0.2) is 11.6 Å². The summed E-state index contributed by atoms with van der Waals surface area (Å²) >= 11 is 0. The fraction of sp³-hybridized carbons (Fsp3) is 0.316. The third-order valence-corrected chi connectivity index (χ3v) is 6.79. The van der Waals surface area contributed by atoms with Gasteiger partial charge in [-0.05, 0) is 37.3 Å². The lowest BCUT2D eigenvalue weighted by Crippen LogP contribution is -2.49. The third-order valence-electron chi connectivity index (χ3n) is 4.85. The second-order valence-electron chi connectivity index (χ2n) is 7.04. The van der Waals surface area contributed by atoms with Gasteiger partial charge in [-0.2, -0.15) is 9.40 Å². The van der Waals surface area contributed by atoms with Crippen molar-refractivity contribution in [1.82, 2.24) is 24.3 Å². The Morgan fingerprint density at radius 2 is 1.59 bits per heavy atom. The highest BCUT2D eigenvalue weighted by atomic mass is 32.2. The van der Waals surface area contributed by atoms with Crippen molar-refractivity contribution in [3.05, 3.63) is 54.4 Å². The molecular weight excluding hydrogens is 449 g/mol. The number of benzene rings is 1. The van der Waals surface area contributed by atoms with E-state index in [0.29, 0.717) is 24.7 Å². The van der Waals surface area contributed by atoms with E-state index in [9.17, 15) is 21.6 Å². The standard InChI is InChI=1S/C19H19F3N6O3S/c1-14-8-9-28(25-14)18-7-6-17(23-24-18)26-10-12-27(13-11-26)32(29,30)16-5-3-2-4-15(16)31-19(20,21)22/h2-9H,10-13H2,1H3. The van der Waals surface area contributed by atoms with Gasteiger partial charge in [0, 0.05) is 32.4 Å². The van der Waals surface area contributed by atoms with Crippen LogP contribution in [0.3, 0.4) is 0 Å². The number of nitrogens with zero attached hydrogens (tertiary/aromatic N) is 6. The minimum atomic E-state index is -5.00. The average Bonchev–Trinajstić information content (AvgIpc) is 3.19. The Bertz CT molecular complexity index is 1190. The number of rotatable bonds is 5. The highest BCUT2D eigenvalue weighted by Crippen LogP contribution is 2.31. The van der Waals surface area contributed by atoms with Crippen LogP contribution in [0.15, 0.2) is 53.6 Å². The Balaban J connectivity index is 1.46. The molecule has 13 heteroatoms. The molecule has 0 N–H and O–H groups in total. The maximum absolute atomic E-state index is 13.0. The van der Waals surface area contributed by atoms with Crippen molar-refractivity contribution in [3.8, 4) is 11.6 Å². The molecule has 0 atom stereocenters. The predicted molar refractivity (Wildman–Crippen MR) is 108 cm³/mol. The molecule has 0 aliphatic carbocycles. The van der Waals surface area contributed by atoms with Crippen LogP contribution in [0.4, 0.5) is 19.0 Å². The van der Waals surface area contributed by atoms with Crippen LogP contribution in [0, 0.1) is 6.92 Å². The molecule has 1 fully saturated rings. The van der Waals surface area contributed by atoms with E-state index in [0.717, 1.165) is 22.1 Å². The third kappa shape index (κ3) is 4.67.